The number of nitrogens with zero attached hydrogens (tertiary/aromatic N) is 2. The first-order chi connectivity index (χ1) is 15.4. The second kappa shape index (κ2) is 8.70. The summed E-state index contributed by atoms with van der Waals surface area (Å²) >= 11 is 0. The number of ether oxygens (including phenoxy) is 1. The van der Waals surface area contributed by atoms with Gasteiger partial charge in [-0.05, 0) is 30.7 Å². The molecule has 9 nitrogen and oxygen atoms in total. The van der Waals surface area contributed by atoms with Crippen molar-refractivity contribution in [2.75, 3.05) is 6.61 Å². The molecule has 0 amide bonds. The molecule has 1 aromatic carbocycles. The number of aliphatic hydroxyl groups is 4. The van der Waals surface area contributed by atoms with E-state index in [2.05, 4.69) is 0 Å². The Bertz CT molecular complexity index is 1190. The maximum Gasteiger partial charge on any atom is 0.271 e. The average molecular weight is 438 g/mol. The standard InChI is InChI=1S/C23H22N2O7/c1-12-4-6-13(7-5-12)16-9-14(17-3-2-8-31-17)15(10-24)22(30)25(16)23-21(29)20(28)19(27)18(11-26)32-23/h2-9,18-21,23,26-29H,11H2,1H3/t18-,19+,20+,21-,23+/m0/s1. The molecule has 3 heterocycles. The first-order valence-electron chi connectivity index (χ1n) is 9.98. The number of rotatable bonds is 4. The first-order valence-corrected chi connectivity index (χ1v) is 9.98. The number of aliphatic hydroxyl groups excluding tert-OH is 4. The molecule has 0 spiro atoms. The van der Waals surface area contributed by atoms with Gasteiger partial charge in [-0.1, -0.05) is 29.8 Å². The predicted molar refractivity (Wildman–Crippen MR) is 112 cm³/mol. The molecule has 3 aromatic rings. The molecule has 1 aliphatic rings. The molecule has 1 aliphatic heterocycles. The van der Waals surface area contributed by atoms with Crippen LogP contribution in [-0.4, -0.2) is 56.0 Å². The molecule has 5 atom stereocenters. The van der Waals surface area contributed by atoms with Gasteiger partial charge in [0.1, 0.15) is 41.8 Å². The third-order valence-corrected chi connectivity index (χ3v) is 5.61. The molecule has 9 heteroatoms. The molecular formula is C23H22N2O7. The summed E-state index contributed by atoms with van der Waals surface area (Å²) in [4.78, 5) is 13.5. The van der Waals surface area contributed by atoms with Crippen molar-refractivity contribution < 1.29 is 29.6 Å². The Balaban J connectivity index is 2.00. The van der Waals surface area contributed by atoms with E-state index in [0.717, 1.165) is 10.1 Å². The third kappa shape index (κ3) is 3.64. The molecule has 0 saturated carbocycles. The summed E-state index contributed by atoms with van der Waals surface area (Å²) in [7, 11) is 0. The van der Waals surface area contributed by atoms with Crippen molar-refractivity contribution in [2.45, 2.75) is 37.6 Å². The van der Waals surface area contributed by atoms with Crippen LogP contribution in [0.15, 0.2) is 57.9 Å². The van der Waals surface area contributed by atoms with Crippen molar-refractivity contribution in [3.8, 4) is 28.7 Å². The Morgan fingerprint density at radius 3 is 2.41 bits per heavy atom. The lowest BCUT2D eigenvalue weighted by molar-refractivity contribution is -0.251. The number of hydrogen-bond donors (Lipinski definition) is 4. The maximum absolute atomic E-state index is 13.5. The van der Waals surface area contributed by atoms with Gasteiger partial charge in [0.15, 0.2) is 6.23 Å². The van der Waals surface area contributed by atoms with Crippen LogP contribution in [0.4, 0.5) is 0 Å². The monoisotopic (exact) mass is 438 g/mol. The molecule has 1 fully saturated rings. The lowest BCUT2D eigenvalue weighted by atomic mass is 9.96. The molecule has 4 N–H and O–H groups in total. The van der Waals surface area contributed by atoms with E-state index in [4.69, 9.17) is 9.15 Å². The smallest absolute Gasteiger partial charge is 0.271 e. The molecule has 0 radical (unpaired) electrons. The number of aryl methyl sites for hydroxylation is 1. The number of furan rings is 1. The minimum Gasteiger partial charge on any atom is -0.464 e. The zero-order valence-corrected chi connectivity index (χ0v) is 17.1. The maximum atomic E-state index is 13.5. The highest BCUT2D eigenvalue weighted by Crippen LogP contribution is 2.34. The number of aromatic nitrogens is 1. The highest BCUT2D eigenvalue weighted by Gasteiger charge is 2.45. The van der Waals surface area contributed by atoms with Gasteiger partial charge in [0.25, 0.3) is 5.56 Å². The predicted octanol–water partition coefficient (Wildman–Crippen LogP) is 0.928. The second-order valence-corrected chi connectivity index (χ2v) is 7.67. The SMILES string of the molecule is Cc1ccc(-c2cc(-c3ccco3)c(C#N)c(=O)n2[C@@H]2O[C@@H](CO)[C@@H](O)[C@@H](O)[C@@H]2O)cc1. The number of nitriles is 1. The quantitative estimate of drug-likeness (QED) is 0.470. The van der Waals surface area contributed by atoms with Crippen molar-refractivity contribution in [2.24, 2.45) is 0 Å². The van der Waals surface area contributed by atoms with Crippen LogP contribution in [0.25, 0.3) is 22.6 Å². The van der Waals surface area contributed by atoms with Crippen LogP contribution < -0.4 is 5.56 Å². The summed E-state index contributed by atoms with van der Waals surface area (Å²) in [5.74, 6) is 0.313. The van der Waals surface area contributed by atoms with Crippen LogP contribution in [0.2, 0.25) is 0 Å². The summed E-state index contributed by atoms with van der Waals surface area (Å²) in [6.45, 7) is 1.26. The van der Waals surface area contributed by atoms with Crippen LogP contribution in [0, 0.1) is 18.3 Å². The van der Waals surface area contributed by atoms with Gasteiger partial charge in [0, 0.05) is 5.56 Å². The van der Waals surface area contributed by atoms with Gasteiger partial charge in [0.05, 0.1) is 18.6 Å². The Morgan fingerprint density at radius 1 is 1.09 bits per heavy atom. The van der Waals surface area contributed by atoms with Crippen LogP contribution in [0.5, 0.6) is 0 Å². The van der Waals surface area contributed by atoms with E-state index in [1.807, 2.05) is 25.1 Å². The third-order valence-electron chi connectivity index (χ3n) is 5.61. The molecule has 2 aromatic heterocycles. The summed E-state index contributed by atoms with van der Waals surface area (Å²) < 4.78 is 12.1. The van der Waals surface area contributed by atoms with Crippen molar-refractivity contribution in [3.63, 3.8) is 0 Å². The van der Waals surface area contributed by atoms with Crippen molar-refractivity contribution in [1.29, 1.82) is 5.26 Å². The van der Waals surface area contributed by atoms with Gasteiger partial charge in [-0.25, -0.2) is 0 Å². The lowest BCUT2D eigenvalue weighted by Gasteiger charge is -2.41. The molecule has 4 rings (SSSR count). The summed E-state index contributed by atoms with van der Waals surface area (Å²) in [6.07, 6.45) is -6.22. The zero-order chi connectivity index (χ0) is 23.0. The fourth-order valence-electron chi connectivity index (χ4n) is 3.85. The molecule has 0 aliphatic carbocycles. The number of pyridine rings is 1. The van der Waals surface area contributed by atoms with Crippen LogP contribution >= 0.6 is 0 Å². The molecule has 0 unspecified atom stereocenters. The van der Waals surface area contributed by atoms with Gasteiger partial charge in [-0.2, -0.15) is 5.26 Å². The minimum absolute atomic E-state index is 0.243. The lowest BCUT2D eigenvalue weighted by Crippen LogP contribution is -2.57. The van der Waals surface area contributed by atoms with Gasteiger partial charge >= 0.3 is 0 Å². The fraction of sp³-hybridized carbons (Fsp3) is 0.304. The average Bonchev–Trinajstić information content (AvgIpc) is 3.33. The summed E-state index contributed by atoms with van der Waals surface area (Å²) in [5.41, 5.74) is 1.11. The first kappa shape index (κ1) is 22.0. The van der Waals surface area contributed by atoms with E-state index in [9.17, 15) is 30.5 Å². The van der Waals surface area contributed by atoms with Crippen LogP contribution in [0.1, 0.15) is 17.4 Å². The van der Waals surface area contributed by atoms with E-state index in [-0.39, 0.29) is 11.1 Å². The summed E-state index contributed by atoms with van der Waals surface area (Å²) in [6, 6.07) is 13.9. The largest absolute Gasteiger partial charge is 0.464 e. The molecule has 166 valence electrons. The minimum atomic E-state index is -1.70. The Labute approximate surface area is 183 Å². The van der Waals surface area contributed by atoms with E-state index < -0.39 is 42.8 Å². The van der Waals surface area contributed by atoms with E-state index in [1.54, 1.807) is 30.3 Å². The van der Waals surface area contributed by atoms with Crippen molar-refractivity contribution >= 4 is 0 Å². The van der Waals surface area contributed by atoms with E-state index in [0.29, 0.717) is 17.0 Å². The van der Waals surface area contributed by atoms with Crippen LogP contribution in [0.3, 0.4) is 0 Å². The van der Waals surface area contributed by atoms with Crippen molar-refractivity contribution in [3.05, 3.63) is 70.2 Å². The topological polar surface area (TPSA) is 149 Å². The van der Waals surface area contributed by atoms with Gasteiger partial charge in [0.2, 0.25) is 0 Å². The molecule has 1 saturated heterocycles. The van der Waals surface area contributed by atoms with E-state index in [1.165, 1.54) is 6.26 Å². The van der Waals surface area contributed by atoms with Gasteiger partial charge in [-0.3, -0.25) is 9.36 Å². The fourth-order valence-corrected chi connectivity index (χ4v) is 3.85. The van der Waals surface area contributed by atoms with Crippen LogP contribution in [-0.2, 0) is 4.74 Å². The highest BCUT2D eigenvalue weighted by molar-refractivity contribution is 5.73. The Hall–Kier alpha value is -3.26. The Morgan fingerprint density at radius 2 is 1.81 bits per heavy atom. The summed E-state index contributed by atoms with van der Waals surface area (Å²) in [5, 5.41) is 50.3. The van der Waals surface area contributed by atoms with Gasteiger partial charge in [-0.15, -0.1) is 0 Å². The zero-order valence-electron chi connectivity index (χ0n) is 17.1. The number of benzene rings is 1. The number of hydrogen-bond acceptors (Lipinski definition) is 8. The second-order valence-electron chi connectivity index (χ2n) is 7.67. The van der Waals surface area contributed by atoms with Crippen molar-refractivity contribution in [1.82, 2.24) is 4.57 Å². The van der Waals surface area contributed by atoms with Gasteiger partial charge < -0.3 is 29.6 Å². The normalized spacial score (nSPS) is 25.4. The Kier molecular flexibility index (Phi) is 5.97. The molecular weight excluding hydrogens is 416 g/mol. The van der Waals surface area contributed by atoms with E-state index >= 15 is 0 Å². The molecule has 32 heavy (non-hydrogen) atoms. The highest BCUT2D eigenvalue weighted by atomic mass is 16.6. The molecule has 0 bridgehead atoms.